The lowest BCUT2D eigenvalue weighted by Crippen LogP contribution is -2.29. The van der Waals surface area contributed by atoms with Crippen molar-refractivity contribution in [2.45, 2.75) is 42.3 Å². The normalized spacial score (nSPS) is 17.1. The number of fused-ring (bicyclic) bond motifs is 1. The van der Waals surface area contributed by atoms with Crippen molar-refractivity contribution in [1.29, 1.82) is 0 Å². The summed E-state index contributed by atoms with van der Waals surface area (Å²) in [4.78, 5) is 28.6. The number of aliphatic hydroxyl groups excluding tert-OH is 1. The molecule has 1 saturated heterocycles. The lowest BCUT2D eigenvalue weighted by Gasteiger charge is -2.23. The van der Waals surface area contributed by atoms with E-state index in [0.717, 1.165) is 30.6 Å². The smallest absolute Gasteiger partial charge is 0.301 e. The number of unbranched alkanes of at least 4 members (excludes halogenated alkanes) is 2. The van der Waals surface area contributed by atoms with E-state index < -0.39 is 17.7 Å². The number of ether oxygens (including phenoxy) is 3. The maximum absolute atomic E-state index is 14.2. The summed E-state index contributed by atoms with van der Waals surface area (Å²) >= 11 is 2.38. The molecule has 0 bridgehead atoms. The van der Waals surface area contributed by atoms with Gasteiger partial charge in [-0.05, 0) is 53.9 Å². The van der Waals surface area contributed by atoms with Gasteiger partial charge >= 0.3 is 5.91 Å². The lowest BCUT2D eigenvalue weighted by molar-refractivity contribution is -0.132. The molecule has 2 aliphatic heterocycles. The molecule has 6 rings (SSSR count). The molecule has 45 heavy (non-hydrogen) atoms. The highest BCUT2D eigenvalue weighted by molar-refractivity contribution is 8.00. The molecule has 3 aromatic carbocycles. The van der Waals surface area contributed by atoms with Crippen LogP contribution in [0, 0.1) is 5.82 Å². The maximum atomic E-state index is 14.2. The average Bonchev–Trinajstić information content (AvgIpc) is 3.64. The monoisotopic (exact) mass is 647 g/mol. The third-order valence-electron chi connectivity index (χ3n) is 7.36. The number of ketones is 1. The average molecular weight is 648 g/mol. The van der Waals surface area contributed by atoms with Crippen LogP contribution in [0.4, 0.5) is 9.52 Å². The molecule has 0 saturated carbocycles. The largest absolute Gasteiger partial charge is 0.507 e. The van der Waals surface area contributed by atoms with Gasteiger partial charge in [0, 0.05) is 11.3 Å². The standard InChI is InChI=1S/C33H30FN3O6S2/c1-2-3-6-14-41-23-10-7-9-20(17-23)28-27(29(38)21-12-13-25-26(18-21)43-16-15-42-25)30(39)31(40)37(28)32-35-36-33(45-32)44-19-22-8-4-5-11-24(22)34/h4-5,7-13,17-18,28,38H,2-3,6,14-16,19H2,1H3. The van der Waals surface area contributed by atoms with Crippen molar-refractivity contribution in [1.82, 2.24) is 10.2 Å². The zero-order valence-electron chi connectivity index (χ0n) is 24.4. The van der Waals surface area contributed by atoms with Crippen molar-refractivity contribution >= 4 is 45.7 Å². The lowest BCUT2D eigenvalue weighted by atomic mass is 9.95. The van der Waals surface area contributed by atoms with Crippen LogP contribution in [0.15, 0.2) is 76.6 Å². The first-order valence-corrected chi connectivity index (χ1v) is 16.4. The number of carbonyl (C=O) groups excluding carboxylic acids is 2. The Morgan fingerprint density at radius 2 is 1.87 bits per heavy atom. The molecule has 1 atom stereocenters. The van der Waals surface area contributed by atoms with Gasteiger partial charge in [0.1, 0.15) is 30.5 Å². The fourth-order valence-electron chi connectivity index (χ4n) is 5.12. The Hall–Kier alpha value is -4.42. The SMILES string of the molecule is CCCCCOc1cccc(C2C(=C(O)c3ccc4c(c3)OCCO4)C(=O)C(=O)N2c2nnc(SCc3ccccc3F)s2)c1. The minimum absolute atomic E-state index is 0.101. The van der Waals surface area contributed by atoms with Crippen LogP contribution in [0.1, 0.15) is 48.9 Å². The number of Topliss-reactive ketones (excluding diaryl/α,β-unsaturated/α-hetero) is 1. The fourth-order valence-corrected chi connectivity index (χ4v) is 6.97. The molecule has 1 aromatic heterocycles. The number of aliphatic hydroxyl groups is 1. The van der Waals surface area contributed by atoms with Gasteiger partial charge in [0.15, 0.2) is 15.8 Å². The summed E-state index contributed by atoms with van der Waals surface area (Å²) in [7, 11) is 0. The summed E-state index contributed by atoms with van der Waals surface area (Å²) in [6.07, 6.45) is 2.98. The highest BCUT2D eigenvalue weighted by Gasteiger charge is 2.48. The first-order chi connectivity index (χ1) is 21.9. The van der Waals surface area contributed by atoms with Gasteiger partial charge in [-0.1, -0.05) is 73.2 Å². The second kappa shape index (κ2) is 13.7. The molecular formula is C33H30FN3O6S2. The number of hydrogen-bond donors (Lipinski definition) is 1. The van der Waals surface area contributed by atoms with E-state index in [1.165, 1.54) is 22.7 Å². The van der Waals surface area contributed by atoms with Crippen LogP contribution < -0.4 is 19.1 Å². The Morgan fingerprint density at radius 1 is 1.04 bits per heavy atom. The summed E-state index contributed by atoms with van der Waals surface area (Å²) in [5.41, 5.74) is 1.26. The van der Waals surface area contributed by atoms with Gasteiger partial charge in [-0.2, -0.15) is 0 Å². The van der Waals surface area contributed by atoms with E-state index >= 15 is 0 Å². The second-order valence-corrected chi connectivity index (χ2v) is 12.6. The summed E-state index contributed by atoms with van der Waals surface area (Å²) in [6.45, 7) is 3.39. The minimum Gasteiger partial charge on any atom is -0.507 e. The molecular weight excluding hydrogens is 618 g/mol. The summed E-state index contributed by atoms with van der Waals surface area (Å²) in [5.74, 6) is -0.553. The van der Waals surface area contributed by atoms with Crippen LogP contribution >= 0.6 is 23.1 Å². The number of rotatable bonds is 11. The van der Waals surface area contributed by atoms with Crippen LogP contribution in [0.5, 0.6) is 17.2 Å². The summed E-state index contributed by atoms with van der Waals surface area (Å²) < 4.78 is 31.9. The van der Waals surface area contributed by atoms with E-state index in [9.17, 15) is 19.1 Å². The third kappa shape index (κ3) is 6.52. The molecule has 1 fully saturated rings. The number of benzene rings is 3. The molecule has 0 spiro atoms. The molecule has 0 radical (unpaired) electrons. The number of halogens is 1. The number of carbonyl (C=O) groups is 2. The number of thioether (sulfide) groups is 1. The van der Waals surface area contributed by atoms with Crippen molar-refractivity contribution in [2.24, 2.45) is 0 Å². The van der Waals surface area contributed by atoms with Crippen LogP contribution in [0.2, 0.25) is 0 Å². The Bertz CT molecular complexity index is 1760. The Balaban J connectivity index is 1.38. The van der Waals surface area contributed by atoms with Crippen molar-refractivity contribution in [3.8, 4) is 17.2 Å². The Kier molecular flexibility index (Phi) is 9.31. The van der Waals surface area contributed by atoms with Gasteiger partial charge in [0.05, 0.1) is 18.2 Å². The minimum atomic E-state index is -1.02. The van der Waals surface area contributed by atoms with Gasteiger partial charge < -0.3 is 19.3 Å². The molecule has 232 valence electrons. The molecule has 9 nitrogen and oxygen atoms in total. The summed E-state index contributed by atoms with van der Waals surface area (Å²) in [6, 6.07) is 17.4. The molecule has 2 aliphatic rings. The Labute approximate surface area is 267 Å². The maximum Gasteiger partial charge on any atom is 0.301 e. The van der Waals surface area contributed by atoms with Crippen LogP contribution in [-0.2, 0) is 15.3 Å². The predicted octanol–water partition coefficient (Wildman–Crippen LogP) is 6.94. The zero-order chi connectivity index (χ0) is 31.3. The first-order valence-electron chi connectivity index (χ1n) is 14.6. The molecule has 3 heterocycles. The molecule has 4 aromatic rings. The van der Waals surface area contributed by atoms with E-state index in [1.54, 1.807) is 54.6 Å². The number of nitrogens with zero attached hydrogens (tertiary/aromatic N) is 3. The molecule has 1 N–H and O–H groups in total. The molecule has 1 unspecified atom stereocenters. The van der Waals surface area contributed by atoms with Crippen molar-refractivity contribution in [2.75, 3.05) is 24.7 Å². The van der Waals surface area contributed by atoms with Crippen molar-refractivity contribution in [3.05, 3.63) is 94.8 Å². The van der Waals surface area contributed by atoms with E-state index in [2.05, 4.69) is 17.1 Å². The zero-order valence-corrected chi connectivity index (χ0v) is 26.0. The van der Waals surface area contributed by atoms with Gasteiger partial charge in [-0.15, -0.1) is 10.2 Å². The van der Waals surface area contributed by atoms with Gasteiger partial charge in [0.2, 0.25) is 5.13 Å². The van der Waals surface area contributed by atoms with E-state index in [0.29, 0.717) is 63.9 Å². The van der Waals surface area contributed by atoms with Crippen molar-refractivity contribution in [3.63, 3.8) is 0 Å². The van der Waals surface area contributed by atoms with E-state index in [1.807, 2.05) is 6.07 Å². The highest BCUT2D eigenvalue weighted by Crippen LogP contribution is 2.45. The first kappa shape index (κ1) is 30.6. The predicted molar refractivity (Wildman–Crippen MR) is 170 cm³/mol. The molecule has 12 heteroatoms. The summed E-state index contributed by atoms with van der Waals surface area (Å²) in [5, 5.41) is 20.2. The van der Waals surface area contributed by atoms with Crippen molar-refractivity contribution < 1.29 is 33.3 Å². The number of hydrogen-bond acceptors (Lipinski definition) is 10. The number of anilines is 1. The molecule has 1 amide bonds. The third-order valence-corrected chi connectivity index (χ3v) is 9.47. The van der Waals surface area contributed by atoms with Crippen LogP contribution in [-0.4, -0.2) is 46.8 Å². The second-order valence-electron chi connectivity index (χ2n) is 10.4. The fraction of sp³-hybridized carbons (Fsp3) is 0.273. The molecule has 0 aliphatic carbocycles. The van der Waals surface area contributed by atoms with Gasteiger partial charge in [-0.3, -0.25) is 14.5 Å². The number of amides is 1. The number of aromatic nitrogens is 2. The Morgan fingerprint density at radius 3 is 2.69 bits per heavy atom. The van der Waals surface area contributed by atoms with Gasteiger partial charge in [0.25, 0.3) is 5.78 Å². The van der Waals surface area contributed by atoms with Gasteiger partial charge in [-0.25, -0.2) is 4.39 Å². The van der Waals surface area contributed by atoms with E-state index in [-0.39, 0.29) is 22.3 Å². The quantitative estimate of drug-likeness (QED) is 0.0462. The topological polar surface area (TPSA) is 111 Å². The van der Waals surface area contributed by atoms with Crippen LogP contribution in [0.25, 0.3) is 5.76 Å². The van der Waals surface area contributed by atoms with E-state index in [4.69, 9.17) is 14.2 Å². The highest BCUT2D eigenvalue weighted by atomic mass is 32.2. The van der Waals surface area contributed by atoms with Crippen LogP contribution in [0.3, 0.4) is 0 Å².